The van der Waals surface area contributed by atoms with Gasteiger partial charge in [-0.1, -0.05) is 56.5 Å². The van der Waals surface area contributed by atoms with Gasteiger partial charge in [-0.05, 0) is 63.8 Å². The fourth-order valence-corrected chi connectivity index (χ4v) is 4.03. The lowest BCUT2D eigenvalue weighted by atomic mass is 10.0. The van der Waals surface area contributed by atoms with Crippen LogP contribution in [-0.4, -0.2) is 6.61 Å². The van der Waals surface area contributed by atoms with Crippen molar-refractivity contribution in [3.8, 4) is 5.75 Å². The molecule has 0 radical (unpaired) electrons. The van der Waals surface area contributed by atoms with Crippen LogP contribution >= 0.6 is 59.4 Å². The molecule has 0 spiro atoms. The van der Waals surface area contributed by atoms with E-state index in [0.717, 1.165) is 43.9 Å². The van der Waals surface area contributed by atoms with Crippen LogP contribution in [0.5, 0.6) is 5.75 Å². The zero-order valence-electron chi connectivity index (χ0n) is 11.4. The smallest absolute Gasteiger partial charge is 0.133 e. The van der Waals surface area contributed by atoms with Crippen molar-refractivity contribution in [2.24, 2.45) is 0 Å². The van der Waals surface area contributed by atoms with E-state index in [9.17, 15) is 0 Å². The maximum Gasteiger partial charge on any atom is 0.133 e. The summed E-state index contributed by atoms with van der Waals surface area (Å²) in [6, 6.07) is 11.9. The van der Waals surface area contributed by atoms with Crippen molar-refractivity contribution in [1.29, 1.82) is 0 Å². The molecule has 0 heterocycles. The van der Waals surface area contributed by atoms with Crippen molar-refractivity contribution in [2.45, 2.75) is 18.2 Å². The van der Waals surface area contributed by atoms with E-state index in [2.05, 4.69) is 66.8 Å². The minimum atomic E-state index is 0.0575. The van der Waals surface area contributed by atoms with E-state index < -0.39 is 0 Å². The minimum Gasteiger partial charge on any atom is -0.492 e. The zero-order chi connectivity index (χ0) is 15.4. The second-order valence-corrected chi connectivity index (χ2v) is 7.63. The molecule has 1 nitrogen and oxygen atoms in total. The summed E-state index contributed by atoms with van der Waals surface area (Å²) < 4.78 is 7.66. The van der Waals surface area contributed by atoms with Crippen LogP contribution < -0.4 is 4.74 Å². The van der Waals surface area contributed by atoms with Gasteiger partial charge in [0.05, 0.1) is 15.9 Å². The van der Waals surface area contributed by atoms with Crippen LogP contribution in [0.2, 0.25) is 5.02 Å². The van der Waals surface area contributed by atoms with Gasteiger partial charge in [0.15, 0.2) is 0 Å². The minimum absolute atomic E-state index is 0.0575. The standard InChI is InChI=1S/C16H14Br3ClO/c1-2-7-21-15-6-3-10(8-14(15)18)16(19)12-9-11(20)4-5-13(12)17/h3-6,8-9,16H,2,7H2,1H3. The van der Waals surface area contributed by atoms with Gasteiger partial charge in [-0.2, -0.15) is 0 Å². The fourth-order valence-electron chi connectivity index (χ4n) is 1.89. The third kappa shape index (κ3) is 4.47. The summed E-state index contributed by atoms with van der Waals surface area (Å²) in [5.41, 5.74) is 2.23. The first-order valence-corrected chi connectivity index (χ1v) is 9.42. The first-order valence-electron chi connectivity index (χ1n) is 6.54. The Hall–Kier alpha value is -0.0300. The van der Waals surface area contributed by atoms with Gasteiger partial charge in [-0.3, -0.25) is 0 Å². The molecule has 2 aromatic carbocycles. The molecule has 0 aliphatic heterocycles. The Morgan fingerprint density at radius 2 is 1.86 bits per heavy atom. The molecule has 1 unspecified atom stereocenters. The second kappa shape index (κ2) is 8.00. The van der Waals surface area contributed by atoms with Gasteiger partial charge in [0.2, 0.25) is 0 Å². The lowest BCUT2D eigenvalue weighted by Gasteiger charge is -2.15. The number of rotatable bonds is 5. The number of hydrogen-bond donors (Lipinski definition) is 0. The predicted octanol–water partition coefficient (Wildman–Crippen LogP) is 7.14. The average Bonchev–Trinajstić information content (AvgIpc) is 2.47. The lowest BCUT2D eigenvalue weighted by Crippen LogP contribution is -1.98. The van der Waals surface area contributed by atoms with Gasteiger partial charge in [-0.15, -0.1) is 0 Å². The molecular weight excluding hydrogens is 483 g/mol. The van der Waals surface area contributed by atoms with Crippen LogP contribution in [0.3, 0.4) is 0 Å². The molecule has 0 aliphatic carbocycles. The third-order valence-electron chi connectivity index (χ3n) is 2.94. The van der Waals surface area contributed by atoms with E-state index in [1.165, 1.54) is 0 Å². The summed E-state index contributed by atoms with van der Waals surface area (Å²) >= 11 is 17.0. The van der Waals surface area contributed by atoms with Crippen molar-refractivity contribution in [2.75, 3.05) is 6.61 Å². The van der Waals surface area contributed by atoms with Crippen molar-refractivity contribution >= 4 is 59.4 Å². The van der Waals surface area contributed by atoms with Gasteiger partial charge in [0.1, 0.15) is 5.75 Å². The highest BCUT2D eigenvalue weighted by Crippen LogP contribution is 2.39. The molecule has 0 bridgehead atoms. The number of halogens is 4. The highest BCUT2D eigenvalue weighted by Gasteiger charge is 2.15. The number of alkyl halides is 1. The van der Waals surface area contributed by atoms with Crippen molar-refractivity contribution in [3.63, 3.8) is 0 Å². The molecule has 0 saturated carbocycles. The Morgan fingerprint density at radius 1 is 1.10 bits per heavy atom. The molecule has 0 aliphatic rings. The molecule has 0 saturated heterocycles. The van der Waals surface area contributed by atoms with Crippen molar-refractivity contribution in [1.82, 2.24) is 0 Å². The van der Waals surface area contributed by atoms with E-state index in [0.29, 0.717) is 0 Å². The normalized spacial score (nSPS) is 12.2. The molecule has 0 aromatic heterocycles. The Bertz CT molecular complexity index is 631. The Morgan fingerprint density at radius 3 is 2.52 bits per heavy atom. The summed E-state index contributed by atoms with van der Waals surface area (Å²) in [6.07, 6.45) is 0.991. The predicted molar refractivity (Wildman–Crippen MR) is 99.9 cm³/mol. The highest BCUT2D eigenvalue weighted by atomic mass is 79.9. The Labute approximate surface area is 155 Å². The first kappa shape index (κ1) is 17.3. The van der Waals surface area contributed by atoms with Crippen LogP contribution in [0.4, 0.5) is 0 Å². The van der Waals surface area contributed by atoms with Gasteiger partial charge < -0.3 is 4.74 Å². The maximum absolute atomic E-state index is 6.09. The van der Waals surface area contributed by atoms with Gasteiger partial charge >= 0.3 is 0 Å². The van der Waals surface area contributed by atoms with Crippen LogP contribution in [-0.2, 0) is 0 Å². The lowest BCUT2D eigenvalue weighted by molar-refractivity contribution is 0.315. The van der Waals surface area contributed by atoms with Crippen molar-refractivity contribution in [3.05, 3.63) is 61.5 Å². The van der Waals surface area contributed by atoms with E-state index >= 15 is 0 Å². The summed E-state index contributed by atoms with van der Waals surface area (Å²) in [4.78, 5) is 0.0575. The number of benzene rings is 2. The molecule has 1 atom stereocenters. The fraction of sp³-hybridized carbons (Fsp3) is 0.250. The molecule has 0 N–H and O–H groups in total. The average molecular weight is 497 g/mol. The largest absolute Gasteiger partial charge is 0.492 e. The van der Waals surface area contributed by atoms with E-state index in [-0.39, 0.29) is 4.83 Å². The van der Waals surface area contributed by atoms with Crippen LogP contribution in [0.15, 0.2) is 45.3 Å². The Balaban J connectivity index is 2.29. The van der Waals surface area contributed by atoms with E-state index in [1.54, 1.807) is 0 Å². The third-order valence-corrected chi connectivity index (χ3v) is 5.54. The molecule has 2 aromatic rings. The van der Waals surface area contributed by atoms with Crippen molar-refractivity contribution < 1.29 is 4.74 Å². The summed E-state index contributed by atoms with van der Waals surface area (Å²) in [5.74, 6) is 0.866. The Kier molecular flexibility index (Phi) is 6.60. The van der Waals surface area contributed by atoms with E-state index in [4.69, 9.17) is 16.3 Å². The molecule has 0 fully saturated rings. The summed E-state index contributed by atoms with van der Waals surface area (Å²) in [5, 5.41) is 0.722. The topological polar surface area (TPSA) is 9.23 Å². The first-order chi connectivity index (χ1) is 10.0. The monoisotopic (exact) mass is 494 g/mol. The van der Waals surface area contributed by atoms with Gasteiger partial charge in [0, 0.05) is 9.50 Å². The number of ether oxygens (including phenoxy) is 1. The quantitative estimate of drug-likeness (QED) is 0.399. The molecule has 112 valence electrons. The van der Waals surface area contributed by atoms with Crippen LogP contribution in [0.1, 0.15) is 29.3 Å². The summed E-state index contributed by atoms with van der Waals surface area (Å²) in [6.45, 7) is 2.81. The van der Waals surface area contributed by atoms with Crippen LogP contribution in [0.25, 0.3) is 0 Å². The zero-order valence-corrected chi connectivity index (χ0v) is 16.9. The SMILES string of the molecule is CCCOc1ccc(C(Br)c2cc(Cl)ccc2Br)cc1Br. The van der Waals surface area contributed by atoms with E-state index in [1.807, 2.05) is 24.3 Å². The molecule has 21 heavy (non-hydrogen) atoms. The van der Waals surface area contributed by atoms with Crippen LogP contribution in [0, 0.1) is 0 Å². The second-order valence-electron chi connectivity index (χ2n) is 4.57. The summed E-state index contributed by atoms with van der Waals surface area (Å²) in [7, 11) is 0. The molecular formula is C16H14Br3ClO. The number of hydrogen-bond acceptors (Lipinski definition) is 1. The molecule has 2 rings (SSSR count). The molecule has 0 amide bonds. The molecule has 5 heteroatoms. The maximum atomic E-state index is 6.09. The highest BCUT2D eigenvalue weighted by molar-refractivity contribution is 9.11. The van der Waals surface area contributed by atoms with Gasteiger partial charge in [0.25, 0.3) is 0 Å². The van der Waals surface area contributed by atoms with Gasteiger partial charge in [-0.25, -0.2) is 0 Å².